The lowest BCUT2D eigenvalue weighted by Gasteiger charge is -2.46. The fourth-order valence-corrected chi connectivity index (χ4v) is 3.10. The number of alkyl halides is 1. The Kier molecular flexibility index (Phi) is 4.57. The topological polar surface area (TPSA) is 3.24 Å². The van der Waals surface area contributed by atoms with E-state index < -0.39 is 0 Å². The molecule has 1 aliphatic rings. The Balaban J connectivity index is 2.68. The first-order valence-electron chi connectivity index (χ1n) is 6.30. The van der Waals surface area contributed by atoms with E-state index in [2.05, 4.69) is 32.6 Å². The standard InChI is InChI=1S/C13H26FN/c1-5-15-7-6-12(9-14)13(4,10-15)8-11(2)3/h11-12H,5-10H2,1-4H3/t12-,13-/m1/s1. The van der Waals surface area contributed by atoms with Crippen molar-refractivity contribution in [2.75, 3.05) is 26.3 Å². The molecule has 1 heterocycles. The normalized spacial score (nSPS) is 33.6. The first-order valence-corrected chi connectivity index (χ1v) is 6.30. The van der Waals surface area contributed by atoms with Gasteiger partial charge in [-0.3, -0.25) is 4.39 Å². The van der Waals surface area contributed by atoms with Crippen LogP contribution in [0.1, 0.15) is 40.5 Å². The third kappa shape index (κ3) is 3.17. The molecule has 1 aliphatic heterocycles. The second-order valence-corrected chi connectivity index (χ2v) is 5.76. The summed E-state index contributed by atoms with van der Waals surface area (Å²) in [5.74, 6) is 0.948. The van der Waals surface area contributed by atoms with Crippen molar-refractivity contribution >= 4 is 0 Å². The summed E-state index contributed by atoms with van der Waals surface area (Å²) in [4.78, 5) is 2.47. The fourth-order valence-electron chi connectivity index (χ4n) is 3.10. The number of piperidine rings is 1. The van der Waals surface area contributed by atoms with Gasteiger partial charge in [-0.05, 0) is 43.2 Å². The van der Waals surface area contributed by atoms with Gasteiger partial charge in [-0.15, -0.1) is 0 Å². The molecular formula is C13H26FN. The third-order valence-corrected chi connectivity index (χ3v) is 3.87. The van der Waals surface area contributed by atoms with Crippen molar-refractivity contribution in [3.63, 3.8) is 0 Å². The van der Waals surface area contributed by atoms with Crippen molar-refractivity contribution in [1.29, 1.82) is 0 Å². The molecule has 2 atom stereocenters. The minimum atomic E-state index is -0.138. The molecule has 0 bridgehead atoms. The molecule has 0 amide bonds. The Hall–Kier alpha value is -0.110. The van der Waals surface area contributed by atoms with E-state index in [1.165, 1.54) is 0 Å². The molecule has 0 aromatic carbocycles. The van der Waals surface area contributed by atoms with E-state index in [1.54, 1.807) is 0 Å². The van der Waals surface area contributed by atoms with Gasteiger partial charge in [-0.25, -0.2) is 0 Å². The van der Waals surface area contributed by atoms with Crippen LogP contribution in [0.2, 0.25) is 0 Å². The Morgan fingerprint density at radius 2 is 2.13 bits per heavy atom. The second kappa shape index (κ2) is 5.29. The van der Waals surface area contributed by atoms with Crippen molar-refractivity contribution in [2.45, 2.75) is 40.5 Å². The van der Waals surface area contributed by atoms with Gasteiger partial charge in [0.05, 0.1) is 6.67 Å². The van der Waals surface area contributed by atoms with Crippen molar-refractivity contribution < 1.29 is 4.39 Å². The molecular weight excluding hydrogens is 189 g/mol. The van der Waals surface area contributed by atoms with Crippen LogP contribution in [0.15, 0.2) is 0 Å². The Bertz CT molecular complexity index is 193. The van der Waals surface area contributed by atoms with E-state index in [1.807, 2.05) is 0 Å². The van der Waals surface area contributed by atoms with Gasteiger partial charge >= 0.3 is 0 Å². The Labute approximate surface area is 94.0 Å². The van der Waals surface area contributed by atoms with Crippen LogP contribution in [0, 0.1) is 17.3 Å². The number of rotatable bonds is 4. The van der Waals surface area contributed by atoms with Crippen LogP contribution in [0.25, 0.3) is 0 Å². The molecule has 0 radical (unpaired) electrons. The highest BCUT2D eigenvalue weighted by atomic mass is 19.1. The van der Waals surface area contributed by atoms with Gasteiger partial charge in [-0.2, -0.15) is 0 Å². The van der Waals surface area contributed by atoms with E-state index >= 15 is 0 Å². The van der Waals surface area contributed by atoms with Crippen LogP contribution >= 0.6 is 0 Å². The average molecular weight is 215 g/mol. The molecule has 0 aromatic rings. The van der Waals surface area contributed by atoms with Crippen LogP contribution in [0.3, 0.4) is 0 Å². The first kappa shape index (κ1) is 13.0. The lowest BCUT2D eigenvalue weighted by Crippen LogP contribution is -2.48. The highest BCUT2D eigenvalue weighted by molar-refractivity contribution is 4.90. The molecule has 15 heavy (non-hydrogen) atoms. The van der Waals surface area contributed by atoms with Crippen molar-refractivity contribution in [3.8, 4) is 0 Å². The summed E-state index contributed by atoms with van der Waals surface area (Å²) in [5, 5.41) is 0. The molecule has 0 aromatic heterocycles. The number of nitrogens with zero attached hydrogens (tertiary/aromatic N) is 1. The maximum absolute atomic E-state index is 13.0. The predicted molar refractivity (Wildman–Crippen MR) is 63.8 cm³/mol. The predicted octanol–water partition coefficient (Wildman–Crippen LogP) is 3.35. The van der Waals surface area contributed by atoms with Crippen LogP contribution in [-0.4, -0.2) is 31.2 Å². The minimum Gasteiger partial charge on any atom is -0.303 e. The molecule has 0 aliphatic carbocycles. The van der Waals surface area contributed by atoms with Gasteiger partial charge in [0.2, 0.25) is 0 Å². The summed E-state index contributed by atoms with van der Waals surface area (Å²) in [6.07, 6.45) is 2.19. The van der Waals surface area contributed by atoms with E-state index in [0.29, 0.717) is 5.92 Å². The highest BCUT2D eigenvalue weighted by Crippen LogP contribution is 2.40. The lowest BCUT2D eigenvalue weighted by atomic mass is 9.68. The largest absolute Gasteiger partial charge is 0.303 e. The second-order valence-electron chi connectivity index (χ2n) is 5.76. The fraction of sp³-hybridized carbons (Fsp3) is 1.00. The first-order chi connectivity index (χ1) is 7.01. The van der Waals surface area contributed by atoms with Crippen LogP contribution in [0.5, 0.6) is 0 Å². The summed E-state index contributed by atoms with van der Waals surface area (Å²) in [6.45, 7) is 12.1. The van der Waals surface area contributed by atoms with Gasteiger partial charge in [0.25, 0.3) is 0 Å². The smallest absolute Gasteiger partial charge is 0.0928 e. The molecule has 2 heteroatoms. The Morgan fingerprint density at radius 3 is 2.60 bits per heavy atom. The molecule has 0 saturated carbocycles. The molecule has 1 saturated heterocycles. The summed E-state index contributed by atoms with van der Waals surface area (Å²) in [7, 11) is 0. The zero-order chi connectivity index (χ0) is 11.5. The number of likely N-dealkylation sites (tertiary alicyclic amines) is 1. The van der Waals surface area contributed by atoms with Crippen molar-refractivity contribution in [1.82, 2.24) is 4.90 Å². The zero-order valence-corrected chi connectivity index (χ0v) is 10.7. The zero-order valence-electron chi connectivity index (χ0n) is 10.7. The Morgan fingerprint density at radius 1 is 1.47 bits per heavy atom. The molecule has 0 N–H and O–H groups in total. The lowest BCUT2D eigenvalue weighted by molar-refractivity contribution is 0.0143. The summed E-state index contributed by atoms with van der Waals surface area (Å²) in [5.41, 5.74) is 0.192. The molecule has 1 nitrogen and oxygen atoms in total. The van der Waals surface area contributed by atoms with Crippen molar-refractivity contribution in [3.05, 3.63) is 0 Å². The molecule has 90 valence electrons. The third-order valence-electron chi connectivity index (χ3n) is 3.87. The summed E-state index contributed by atoms with van der Waals surface area (Å²) >= 11 is 0. The molecule has 1 fully saturated rings. The average Bonchev–Trinajstić information content (AvgIpc) is 2.15. The van der Waals surface area contributed by atoms with Gasteiger partial charge in [0.15, 0.2) is 0 Å². The number of hydrogen-bond acceptors (Lipinski definition) is 1. The maximum atomic E-state index is 13.0. The number of hydrogen-bond donors (Lipinski definition) is 0. The van der Waals surface area contributed by atoms with E-state index in [0.717, 1.165) is 32.5 Å². The van der Waals surface area contributed by atoms with Gasteiger partial charge in [-0.1, -0.05) is 27.7 Å². The summed E-state index contributed by atoms with van der Waals surface area (Å²) in [6, 6.07) is 0. The van der Waals surface area contributed by atoms with Crippen molar-refractivity contribution in [2.24, 2.45) is 17.3 Å². The SMILES string of the molecule is CCN1CC[C@H](CF)[C@](C)(CC(C)C)C1. The summed E-state index contributed by atoms with van der Waals surface area (Å²) < 4.78 is 13.0. The van der Waals surface area contributed by atoms with Crippen LogP contribution < -0.4 is 0 Å². The van der Waals surface area contributed by atoms with E-state index in [9.17, 15) is 4.39 Å². The van der Waals surface area contributed by atoms with Crippen LogP contribution in [-0.2, 0) is 0 Å². The monoisotopic (exact) mass is 215 g/mol. The number of halogens is 1. The van der Waals surface area contributed by atoms with E-state index in [-0.39, 0.29) is 18.0 Å². The van der Waals surface area contributed by atoms with Gasteiger partial charge in [0.1, 0.15) is 0 Å². The minimum absolute atomic E-state index is 0.138. The maximum Gasteiger partial charge on any atom is 0.0928 e. The molecule has 1 rings (SSSR count). The van der Waals surface area contributed by atoms with Gasteiger partial charge < -0.3 is 4.90 Å². The highest BCUT2D eigenvalue weighted by Gasteiger charge is 2.39. The van der Waals surface area contributed by atoms with Gasteiger partial charge in [0, 0.05) is 6.54 Å². The quantitative estimate of drug-likeness (QED) is 0.695. The molecule has 0 spiro atoms. The molecule has 0 unspecified atom stereocenters. The van der Waals surface area contributed by atoms with E-state index in [4.69, 9.17) is 0 Å². The van der Waals surface area contributed by atoms with Crippen LogP contribution in [0.4, 0.5) is 4.39 Å².